The Labute approximate surface area is 81.0 Å². The molecule has 1 atom stereocenters. The van der Waals surface area contributed by atoms with Crippen molar-refractivity contribution in [3.05, 3.63) is 0 Å². The molecule has 1 aliphatic heterocycles. The summed E-state index contributed by atoms with van der Waals surface area (Å²) in [6.45, 7) is 7.81. The number of ether oxygens (including phenoxy) is 1. The van der Waals surface area contributed by atoms with Crippen LogP contribution in [0.25, 0.3) is 0 Å². The average Bonchev–Trinajstić information content (AvgIpc) is 2.41. The van der Waals surface area contributed by atoms with Crippen molar-refractivity contribution in [1.29, 1.82) is 0 Å². The van der Waals surface area contributed by atoms with E-state index in [9.17, 15) is 0 Å². The van der Waals surface area contributed by atoms with Gasteiger partial charge < -0.3 is 4.74 Å². The summed E-state index contributed by atoms with van der Waals surface area (Å²) in [6.07, 6.45) is 4.94. The van der Waals surface area contributed by atoms with Gasteiger partial charge in [0.1, 0.15) is 5.72 Å². The smallest absolute Gasteiger partial charge is 0.119 e. The molecule has 1 unspecified atom stereocenters. The molecule has 0 aromatic heterocycles. The Hall–Kier alpha value is -0.0800. The lowest BCUT2D eigenvalue weighted by atomic mass is 9.74. The lowest BCUT2D eigenvalue weighted by molar-refractivity contribution is -0.0604. The molecule has 2 fully saturated rings. The van der Waals surface area contributed by atoms with Crippen LogP contribution in [0.2, 0.25) is 0 Å². The van der Waals surface area contributed by atoms with E-state index in [1.807, 2.05) is 0 Å². The highest BCUT2D eigenvalue weighted by molar-refractivity contribution is 4.93. The summed E-state index contributed by atoms with van der Waals surface area (Å²) in [5.74, 6) is 0. The topological polar surface area (TPSA) is 21.3 Å². The summed E-state index contributed by atoms with van der Waals surface area (Å²) < 4.78 is 5.88. The number of hydrogen-bond donors (Lipinski definition) is 1. The first-order chi connectivity index (χ1) is 6.02. The Morgan fingerprint density at radius 1 is 1.15 bits per heavy atom. The molecule has 0 amide bonds. The highest BCUT2D eigenvalue weighted by Gasteiger charge is 2.43. The highest BCUT2D eigenvalue weighted by atomic mass is 16.5. The van der Waals surface area contributed by atoms with Gasteiger partial charge in [0.05, 0.1) is 6.61 Å². The van der Waals surface area contributed by atoms with Crippen LogP contribution in [0.15, 0.2) is 0 Å². The molecule has 0 radical (unpaired) electrons. The first kappa shape index (κ1) is 9.47. The van der Waals surface area contributed by atoms with Crippen molar-refractivity contribution in [1.82, 2.24) is 5.32 Å². The van der Waals surface area contributed by atoms with Crippen molar-refractivity contribution >= 4 is 0 Å². The minimum absolute atomic E-state index is 0.0505. The predicted octanol–water partition coefficient (Wildman–Crippen LogP) is 2.29. The van der Waals surface area contributed by atoms with Gasteiger partial charge in [0, 0.05) is 6.04 Å². The van der Waals surface area contributed by atoms with Crippen molar-refractivity contribution in [2.45, 2.75) is 58.2 Å². The van der Waals surface area contributed by atoms with Crippen LogP contribution in [-0.4, -0.2) is 18.4 Å². The summed E-state index contributed by atoms with van der Waals surface area (Å²) in [5, 5.41) is 3.58. The van der Waals surface area contributed by atoms with Gasteiger partial charge in [-0.1, -0.05) is 13.8 Å². The van der Waals surface area contributed by atoms with Crippen LogP contribution in [0.3, 0.4) is 0 Å². The molecule has 2 aliphatic rings. The molecule has 2 heteroatoms. The van der Waals surface area contributed by atoms with Gasteiger partial charge in [-0.05, 0) is 38.0 Å². The van der Waals surface area contributed by atoms with Gasteiger partial charge in [-0.25, -0.2) is 0 Å². The summed E-state index contributed by atoms with van der Waals surface area (Å²) >= 11 is 0. The lowest BCUT2D eigenvalue weighted by Crippen LogP contribution is -2.47. The summed E-state index contributed by atoms with van der Waals surface area (Å²) in [4.78, 5) is 0. The second-order valence-corrected chi connectivity index (χ2v) is 5.51. The molecule has 2 rings (SSSR count). The Morgan fingerprint density at radius 3 is 2.23 bits per heavy atom. The third-order valence-corrected chi connectivity index (χ3v) is 3.53. The van der Waals surface area contributed by atoms with E-state index in [0.29, 0.717) is 11.5 Å². The molecule has 1 heterocycles. The minimum Gasteiger partial charge on any atom is -0.359 e. The van der Waals surface area contributed by atoms with E-state index in [0.717, 1.165) is 6.61 Å². The Balaban J connectivity index is 1.97. The Morgan fingerprint density at radius 2 is 1.77 bits per heavy atom. The summed E-state index contributed by atoms with van der Waals surface area (Å²) in [6, 6.07) is 0.543. The summed E-state index contributed by atoms with van der Waals surface area (Å²) in [5.41, 5.74) is 0.580. The van der Waals surface area contributed by atoms with Crippen LogP contribution >= 0.6 is 0 Å². The monoisotopic (exact) mass is 183 g/mol. The fourth-order valence-corrected chi connectivity index (χ4v) is 2.44. The lowest BCUT2D eigenvalue weighted by Gasteiger charge is -2.40. The molecule has 1 spiro atoms. The maximum Gasteiger partial charge on any atom is 0.119 e. The molecule has 0 aromatic rings. The van der Waals surface area contributed by atoms with Gasteiger partial charge in [0.2, 0.25) is 0 Å². The standard InChI is InChI=1S/C11H21NO/c1-9-8-13-11(12-9)6-4-10(2,3)5-7-11/h9,12H,4-8H2,1-3H3. The quantitative estimate of drug-likeness (QED) is 0.622. The van der Waals surface area contributed by atoms with E-state index in [1.54, 1.807) is 0 Å². The largest absolute Gasteiger partial charge is 0.359 e. The van der Waals surface area contributed by atoms with Gasteiger partial charge in [0.15, 0.2) is 0 Å². The van der Waals surface area contributed by atoms with E-state index in [-0.39, 0.29) is 5.72 Å². The third kappa shape index (κ3) is 1.89. The van der Waals surface area contributed by atoms with E-state index in [1.165, 1.54) is 25.7 Å². The van der Waals surface area contributed by atoms with Crippen molar-refractivity contribution in [2.75, 3.05) is 6.61 Å². The normalized spacial score (nSPS) is 36.7. The first-order valence-corrected chi connectivity index (χ1v) is 5.43. The van der Waals surface area contributed by atoms with E-state index in [4.69, 9.17) is 4.74 Å². The first-order valence-electron chi connectivity index (χ1n) is 5.43. The molecule has 2 nitrogen and oxygen atoms in total. The van der Waals surface area contributed by atoms with Crippen LogP contribution in [0.5, 0.6) is 0 Å². The van der Waals surface area contributed by atoms with Crippen LogP contribution in [-0.2, 0) is 4.74 Å². The average molecular weight is 183 g/mol. The Kier molecular flexibility index (Phi) is 2.16. The number of nitrogens with one attached hydrogen (secondary N) is 1. The predicted molar refractivity (Wildman–Crippen MR) is 53.5 cm³/mol. The molecule has 1 N–H and O–H groups in total. The van der Waals surface area contributed by atoms with Crippen molar-refractivity contribution < 1.29 is 4.74 Å². The summed E-state index contributed by atoms with van der Waals surface area (Å²) in [7, 11) is 0. The fraction of sp³-hybridized carbons (Fsp3) is 1.00. The van der Waals surface area contributed by atoms with Gasteiger partial charge >= 0.3 is 0 Å². The molecule has 76 valence electrons. The van der Waals surface area contributed by atoms with Gasteiger partial charge in [0.25, 0.3) is 0 Å². The maximum absolute atomic E-state index is 5.88. The molecule has 13 heavy (non-hydrogen) atoms. The van der Waals surface area contributed by atoms with Gasteiger partial charge in [-0.15, -0.1) is 0 Å². The Bertz CT molecular complexity index is 190. The second-order valence-electron chi connectivity index (χ2n) is 5.51. The van der Waals surface area contributed by atoms with Crippen molar-refractivity contribution in [3.8, 4) is 0 Å². The zero-order chi connectivity index (χ0) is 9.53. The minimum atomic E-state index is 0.0505. The number of rotatable bonds is 0. The molecular weight excluding hydrogens is 162 g/mol. The molecular formula is C11H21NO. The van der Waals surface area contributed by atoms with E-state index >= 15 is 0 Å². The van der Waals surface area contributed by atoms with Crippen LogP contribution in [0.1, 0.15) is 46.5 Å². The molecule has 0 bridgehead atoms. The van der Waals surface area contributed by atoms with Crippen LogP contribution in [0.4, 0.5) is 0 Å². The fourth-order valence-electron chi connectivity index (χ4n) is 2.44. The number of hydrogen-bond acceptors (Lipinski definition) is 2. The second kappa shape index (κ2) is 2.96. The van der Waals surface area contributed by atoms with Gasteiger partial charge in [-0.3, -0.25) is 5.32 Å². The van der Waals surface area contributed by atoms with Crippen molar-refractivity contribution in [2.24, 2.45) is 5.41 Å². The van der Waals surface area contributed by atoms with Gasteiger partial charge in [-0.2, -0.15) is 0 Å². The third-order valence-electron chi connectivity index (χ3n) is 3.53. The highest BCUT2D eigenvalue weighted by Crippen LogP contribution is 2.42. The SMILES string of the molecule is CC1COC2(CCC(C)(C)CC2)N1. The molecule has 1 saturated carbocycles. The van der Waals surface area contributed by atoms with Crippen molar-refractivity contribution in [3.63, 3.8) is 0 Å². The molecule has 0 aromatic carbocycles. The van der Waals surface area contributed by atoms with Crippen LogP contribution in [0, 0.1) is 5.41 Å². The van der Waals surface area contributed by atoms with Crippen LogP contribution < -0.4 is 5.32 Å². The maximum atomic E-state index is 5.88. The zero-order valence-electron chi connectivity index (χ0n) is 9.02. The molecule has 1 saturated heterocycles. The molecule has 1 aliphatic carbocycles. The van der Waals surface area contributed by atoms with E-state index in [2.05, 4.69) is 26.1 Å². The van der Waals surface area contributed by atoms with E-state index < -0.39 is 0 Å². The zero-order valence-corrected chi connectivity index (χ0v) is 9.02.